The number of anilines is 1. The van der Waals surface area contributed by atoms with Crippen molar-refractivity contribution < 1.29 is 14.3 Å². The lowest BCUT2D eigenvalue weighted by Crippen LogP contribution is -2.46. The molecule has 5 rings (SSSR count). The SMILES string of the molecule is Cc1ccc(-c2ccc(N3CCCN(C(=O)CN(C[C@H]4CCCO4)C(=O)c4ccccc4)CC3)nn2)cc1. The molecule has 1 aromatic heterocycles. The van der Waals surface area contributed by atoms with E-state index >= 15 is 0 Å². The minimum atomic E-state index is -0.130. The number of rotatable bonds is 7. The first-order valence-corrected chi connectivity index (χ1v) is 13.5. The fourth-order valence-electron chi connectivity index (χ4n) is 5.05. The second-order valence-electron chi connectivity index (χ2n) is 10.1. The molecule has 3 heterocycles. The Morgan fingerprint density at radius 3 is 2.45 bits per heavy atom. The van der Waals surface area contributed by atoms with E-state index in [0.29, 0.717) is 38.3 Å². The number of hydrogen-bond donors (Lipinski definition) is 0. The molecule has 2 aliphatic heterocycles. The van der Waals surface area contributed by atoms with Crippen LogP contribution in [0.2, 0.25) is 0 Å². The quantitative estimate of drug-likeness (QED) is 0.478. The molecule has 3 aromatic rings. The van der Waals surface area contributed by atoms with Gasteiger partial charge in [0, 0.05) is 50.5 Å². The van der Waals surface area contributed by atoms with Gasteiger partial charge >= 0.3 is 0 Å². The van der Waals surface area contributed by atoms with E-state index in [4.69, 9.17) is 4.74 Å². The van der Waals surface area contributed by atoms with Crippen molar-refractivity contribution in [3.05, 3.63) is 77.9 Å². The summed E-state index contributed by atoms with van der Waals surface area (Å²) in [6.07, 6.45) is 2.71. The second kappa shape index (κ2) is 12.2. The highest BCUT2D eigenvalue weighted by atomic mass is 16.5. The Bertz CT molecular complexity index is 1210. The summed E-state index contributed by atoms with van der Waals surface area (Å²) in [5, 5.41) is 8.93. The number of hydrogen-bond acceptors (Lipinski definition) is 6. The van der Waals surface area contributed by atoms with Crippen LogP contribution in [0, 0.1) is 6.92 Å². The summed E-state index contributed by atoms with van der Waals surface area (Å²) < 4.78 is 5.78. The molecule has 8 nitrogen and oxygen atoms in total. The first kappa shape index (κ1) is 25.9. The maximum Gasteiger partial charge on any atom is 0.254 e. The van der Waals surface area contributed by atoms with Crippen LogP contribution in [-0.4, -0.2) is 83.8 Å². The van der Waals surface area contributed by atoms with E-state index in [9.17, 15) is 9.59 Å². The van der Waals surface area contributed by atoms with Crippen molar-refractivity contribution in [1.29, 1.82) is 0 Å². The molecular weight excluding hydrogens is 478 g/mol. The Hall–Kier alpha value is -3.78. The van der Waals surface area contributed by atoms with Gasteiger partial charge in [-0.3, -0.25) is 9.59 Å². The van der Waals surface area contributed by atoms with Crippen LogP contribution < -0.4 is 4.90 Å². The summed E-state index contributed by atoms with van der Waals surface area (Å²) in [5.74, 6) is 0.652. The molecule has 2 fully saturated rings. The van der Waals surface area contributed by atoms with Gasteiger partial charge in [-0.15, -0.1) is 10.2 Å². The molecule has 2 saturated heterocycles. The maximum atomic E-state index is 13.4. The van der Waals surface area contributed by atoms with E-state index in [1.807, 2.05) is 35.2 Å². The van der Waals surface area contributed by atoms with Gasteiger partial charge in [0.2, 0.25) is 5.91 Å². The molecule has 1 atom stereocenters. The molecule has 2 aromatic carbocycles. The second-order valence-corrected chi connectivity index (χ2v) is 10.1. The lowest BCUT2D eigenvalue weighted by Gasteiger charge is -2.28. The summed E-state index contributed by atoms with van der Waals surface area (Å²) in [6, 6.07) is 21.4. The number of benzene rings is 2. The molecule has 0 N–H and O–H groups in total. The van der Waals surface area contributed by atoms with Crippen LogP contribution in [0.1, 0.15) is 35.2 Å². The summed E-state index contributed by atoms with van der Waals surface area (Å²) in [7, 11) is 0. The molecule has 198 valence electrons. The number of aromatic nitrogens is 2. The van der Waals surface area contributed by atoms with Gasteiger partial charge in [0.25, 0.3) is 5.91 Å². The Morgan fingerprint density at radius 2 is 1.74 bits per heavy atom. The highest BCUT2D eigenvalue weighted by Gasteiger charge is 2.28. The largest absolute Gasteiger partial charge is 0.376 e. The molecular formula is C30H35N5O3. The van der Waals surface area contributed by atoms with Crippen LogP contribution in [0.3, 0.4) is 0 Å². The van der Waals surface area contributed by atoms with E-state index in [2.05, 4.69) is 46.3 Å². The normalized spacial score (nSPS) is 17.8. The van der Waals surface area contributed by atoms with Gasteiger partial charge in [0.15, 0.2) is 5.82 Å². The zero-order chi connectivity index (χ0) is 26.3. The molecule has 38 heavy (non-hydrogen) atoms. The summed E-state index contributed by atoms with van der Waals surface area (Å²) in [4.78, 5) is 32.4. The number of carbonyl (C=O) groups excluding carboxylic acids is 2. The van der Waals surface area contributed by atoms with E-state index in [0.717, 1.165) is 42.9 Å². The summed E-state index contributed by atoms with van der Waals surface area (Å²) in [5.41, 5.74) is 3.68. The highest BCUT2D eigenvalue weighted by molar-refractivity contribution is 5.96. The van der Waals surface area contributed by atoms with Gasteiger partial charge < -0.3 is 19.4 Å². The lowest BCUT2D eigenvalue weighted by atomic mass is 10.1. The average molecular weight is 514 g/mol. The van der Waals surface area contributed by atoms with Gasteiger partial charge in [-0.1, -0.05) is 48.0 Å². The predicted molar refractivity (Wildman–Crippen MR) is 147 cm³/mol. The first-order valence-electron chi connectivity index (χ1n) is 13.5. The van der Waals surface area contributed by atoms with E-state index in [-0.39, 0.29) is 24.5 Å². The molecule has 0 radical (unpaired) electrons. The maximum absolute atomic E-state index is 13.4. The standard InChI is InChI=1S/C30H35N5O3/c1-23-10-12-24(13-11-23)27-14-15-28(32-31-27)33-16-6-17-34(19-18-33)29(36)22-35(21-26-9-5-20-38-26)30(37)25-7-3-2-4-8-25/h2-4,7-8,10-15,26H,5-6,9,16-22H2,1H3/t26-/m1/s1. The zero-order valence-electron chi connectivity index (χ0n) is 22.0. The monoisotopic (exact) mass is 513 g/mol. The summed E-state index contributed by atoms with van der Waals surface area (Å²) in [6.45, 7) is 5.96. The van der Waals surface area contributed by atoms with Crippen LogP contribution in [0.5, 0.6) is 0 Å². The third-order valence-corrected chi connectivity index (χ3v) is 7.25. The van der Waals surface area contributed by atoms with Gasteiger partial charge in [-0.05, 0) is 50.5 Å². The Morgan fingerprint density at radius 1 is 0.921 bits per heavy atom. The third-order valence-electron chi connectivity index (χ3n) is 7.25. The molecule has 0 unspecified atom stereocenters. The minimum Gasteiger partial charge on any atom is -0.376 e. The van der Waals surface area contributed by atoms with Crippen molar-refractivity contribution in [2.45, 2.75) is 32.3 Å². The van der Waals surface area contributed by atoms with Crippen LogP contribution in [0.4, 0.5) is 5.82 Å². The van der Waals surface area contributed by atoms with Crippen LogP contribution in [-0.2, 0) is 9.53 Å². The Balaban J connectivity index is 1.21. The average Bonchev–Trinajstić information content (AvgIpc) is 3.34. The van der Waals surface area contributed by atoms with Crippen molar-refractivity contribution in [2.24, 2.45) is 0 Å². The number of aryl methyl sites for hydroxylation is 1. The fourth-order valence-corrected chi connectivity index (χ4v) is 5.05. The van der Waals surface area contributed by atoms with Gasteiger partial charge in [-0.2, -0.15) is 0 Å². The van der Waals surface area contributed by atoms with E-state index in [1.165, 1.54) is 5.56 Å². The number of amides is 2. The molecule has 0 spiro atoms. The molecule has 0 aliphatic carbocycles. The van der Waals surface area contributed by atoms with Gasteiger partial charge in [0.05, 0.1) is 11.8 Å². The minimum absolute atomic E-state index is 0.0171. The highest BCUT2D eigenvalue weighted by Crippen LogP contribution is 2.20. The molecule has 0 bridgehead atoms. The van der Waals surface area contributed by atoms with Crippen LogP contribution >= 0.6 is 0 Å². The lowest BCUT2D eigenvalue weighted by molar-refractivity contribution is -0.132. The van der Waals surface area contributed by atoms with Gasteiger partial charge in [-0.25, -0.2) is 0 Å². The van der Waals surface area contributed by atoms with Crippen molar-refractivity contribution in [2.75, 3.05) is 50.8 Å². The Kier molecular flexibility index (Phi) is 8.28. The molecule has 8 heteroatoms. The predicted octanol–water partition coefficient (Wildman–Crippen LogP) is 3.81. The Labute approximate surface area is 224 Å². The topological polar surface area (TPSA) is 78.9 Å². The number of ether oxygens (including phenoxy) is 1. The zero-order valence-corrected chi connectivity index (χ0v) is 22.0. The molecule has 2 aliphatic rings. The molecule has 2 amide bonds. The number of carbonyl (C=O) groups is 2. The van der Waals surface area contributed by atoms with Crippen molar-refractivity contribution in [1.82, 2.24) is 20.0 Å². The fraction of sp³-hybridized carbons (Fsp3) is 0.400. The van der Waals surface area contributed by atoms with Crippen LogP contribution in [0.25, 0.3) is 11.3 Å². The number of nitrogens with zero attached hydrogens (tertiary/aromatic N) is 5. The van der Waals surface area contributed by atoms with E-state index in [1.54, 1.807) is 17.0 Å². The van der Waals surface area contributed by atoms with Gasteiger partial charge in [0.1, 0.15) is 6.54 Å². The van der Waals surface area contributed by atoms with E-state index < -0.39 is 0 Å². The van der Waals surface area contributed by atoms with Crippen LogP contribution in [0.15, 0.2) is 66.7 Å². The third kappa shape index (κ3) is 6.37. The first-order chi connectivity index (χ1) is 18.6. The smallest absolute Gasteiger partial charge is 0.254 e. The van der Waals surface area contributed by atoms with Crippen molar-refractivity contribution in [3.8, 4) is 11.3 Å². The van der Waals surface area contributed by atoms with Crippen molar-refractivity contribution in [3.63, 3.8) is 0 Å². The van der Waals surface area contributed by atoms with Crippen molar-refractivity contribution >= 4 is 17.6 Å². The summed E-state index contributed by atoms with van der Waals surface area (Å²) >= 11 is 0. The molecule has 0 saturated carbocycles.